The van der Waals surface area contributed by atoms with Gasteiger partial charge in [-0.05, 0) is 43.7 Å². The summed E-state index contributed by atoms with van der Waals surface area (Å²) in [6.45, 7) is 5.41. The first-order valence-electron chi connectivity index (χ1n) is 9.71. The zero-order chi connectivity index (χ0) is 18.9. The van der Waals surface area contributed by atoms with E-state index in [0.717, 1.165) is 56.1 Å². The van der Waals surface area contributed by atoms with Crippen LogP contribution in [0.2, 0.25) is 0 Å². The van der Waals surface area contributed by atoms with Crippen molar-refractivity contribution in [2.45, 2.75) is 39.2 Å². The van der Waals surface area contributed by atoms with Gasteiger partial charge in [0.15, 0.2) is 0 Å². The molecule has 7 nitrogen and oxygen atoms in total. The summed E-state index contributed by atoms with van der Waals surface area (Å²) in [5.74, 6) is 2.57. The molecule has 1 aliphatic heterocycles. The molecule has 2 N–H and O–H groups in total. The predicted octanol–water partition coefficient (Wildman–Crippen LogP) is 2.62. The average molecular weight is 368 g/mol. The molecule has 1 fully saturated rings. The number of carbonyl (C=O) groups excluding carboxylic acids is 1. The van der Waals surface area contributed by atoms with Gasteiger partial charge < -0.3 is 15.5 Å². The summed E-state index contributed by atoms with van der Waals surface area (Å²) in [7, 11) is 0. The smallest absolute Gasteiger partial charge is 0.220 e. The minimum absolute atomic E-state index is 0.118. The molecule has 2 aromatic heterocycles. The Morgan fingerprint density at radius 2 is 2.15 bits per heavy atom. The maximum absolute atomic E-state index is 12.1. The maximum atomic E-state index is 12.1. The summed E-state index contributed by atoms with van der Waals surface area (Å²) < 4.78 is 0. The van der Waals surface area contributed by atoms with Crippen LogP contribution in [0.25, 0.3) is 0 Å². The minimum atomic E-state index is 0.118. The SMILES string of the molecule is CCNc1cc(N2CCC(CCC(=O)NCc3cccnc3)CC2)ncn1. The third-order valence-electron chi connectivity index (χ3n) is 4.94. The molecule has 3 rings (SSSR count). The number of pyridine rings is 1. The first-order valence-corrected chi connectivity index (χ1v) is 9.71. The summed E-state index contributed by atoms with van der Waals surface area (Å²) >= 11 is 0. The third-order valence-corrected chi connectivity index (χ3v) is 4.94. The van der Waals surface area contributed by atoms with Crippen LogP contribution in [0.4, 0.5) is 11.6 Å². The Kier molecular flexibility index (Phi) is 6.96. The van der Waals surface area contributed by atoms with Gasteiger partial charge in [-0.3, -0.25) is 9.78 Å². The van der Waals surface area contributed by atoms with Gasteiger partial charge in [0, 0.05) is 51.1 Å². The van der Waals surface area contributed by atoms with Crippen molar-refractivity contribution in [2.75, 3.05) is 29.9 Å². The lowest BCUT2D eigenvalue weighted by molar-refractivity contribution is -0.121. The normalized spacial score (nSPS) is 14.8. The summed E-state index contributed by atoms with van der Waals surface area (Å²) in [5.41, 5.74) is 1.03. The number of rotatable bonds is 8. The van der Waals surface area contributed by atoms with Crippen LogP contribution in [0.5, 0.6) is 0 Å². The summed E-state index contributed by atoms with van der Waals surface area (Å²) in [6, 6.07) is 5.86. The number of anilines is 2. The van der Waals surface area contributed by atoms with E-state index >= 15 is 0 Å². The van der Waals surface area contributed by atoms with Crippen molar-refractivity contribution >= 4 is 17.5 Å². The van der Waals surface area contributed by atoms with Gasteiger partial charge in [0.1, 0.15) is 18.0 Å². The van der Waals surface area contributed by atoms with Crippen molar-refractivity contribution in [1.82, 2.24) is 20.3 Å². The van der Waals surface area contributed by atoms with Gasteiger partial charge in [-0.15, -0.1) is 0 Å². The van der Waals surface area contributed by atoms with Gasteiger partial charge in [0.25, 0.3) is 0 Å². The van der Waals surface area contributed by atoms with Gasteiger partial charge in [-0.25, -0.2) is 9.97 Å². The number of hydrogen-bond acceptors (Lipinski definition) is 6. The van der Waals surface area contributed by atoms with E-state index in [-0.39, 0.29) is 5.91 Å². The fourth-order valence-electron chi connectivity index (χ4n) is 3.38. The zero-order valence-electron chi connectivity index (χ0n) is 15.9. The molecule has 0 bridgehead atoms. The van der Waals surface area contributed by atoms with E-state index in [0.29, 0.717) is 18.9 Å². The van der Waals surface area contributed by atoms with Crippen molar-refractivity contribution in [3.63, 3.8) is 0 Å². The summed E-state index contributed by atoms with van der Waals surface area (Å²) in [4.78, 5) is 27.1. The van der Waals surface area contributed by atoms with Gasteiger partial charge in [0.2, 0.25) is 5.91 Å². The van der Waals surface area contributed by atoms with Gasteiger partial charge in [0.05, 0.1) is 0 Å². The monoisotopic (exact) mass is 368 g/mol. The Morgan fingerprint density at radius 3 is 2.89 bits per heavy atom. The van der Waals surface area contributed by atoms with Crippen LogP contribution in [0, 0.1) is 5.92 Å². The van der Waals surface area contributed by atoms with E-state index in [1.165, 1.54) is 0 Å². The van der Waals surface area contributed by atoms with Crippen LogP contribution >= 0.6 is 0 Å². The van der Waals surface area contributed by atoms with Crippen molar-refractivity contribution in [3.05, 3.63) is 42.5 Å². The molecule has 0 spiro atoms. The van der Waals surface area contributed by atoms with Crippen molar-refractivity contribution in [1.29, 1.82) is 0 Å². The molecule has 0 saturated carbocycles. The zero-order valence-corrected chi connectivity index (χ0v) is 15.9. The van der Waals surface area contributed by atoms with Crippen LogP contribution in [0.15, 0.2) is 36.9 Å². The highest BCUT2D eigenvalue weighted by molar-refractivity contribution is 5.75. The van der Waals surface area contributed by atoms with Gasteiger partial charge >= 0.3 is 0 Å². The Morgan fingerprint density at radius 1 is 1.30 bits per heavy atom. The topological polar surface area (TPSA) is 83.0 Å². The highest BCUT2D eigenvalue weighted by Crippen LogP contribution is 2.25. The van der Waals surface area contributed by atoms with Gasteiger partial charge in [-0.2, -0.15) is 0 Å². The van der Waals surface area contributed by atoms with Crippen molar-refractivity contribution in [3.8, 4) is 0 Å². The standard InChI is InChI=1S/C20H28N6O/c1-2-22-18-12-19(25-15-24-18)26-10-7-16(8-11-26)5-6-20(27)23-14-17-4-3-9-21-13-17/h3-4,9,12-13,15-16H,2,5-8,10-11,14H2,1H3,(H,23,27)(H,22,24,25). The molecular weight excluding hydrogens is 340 g/mol. The van der Waals surface area contributed by atoms with Crippen LogP contribution in [0.3, 0.4) is 0 Å². The number of piperidine rings is 1. The number of hydrogen-bond donors (Lipinski definition) is 2. The average Bonchev–Trinajstić information content (AvgIpc) is 2.72. The molecule has 0 aliphatic carbocycles. The molecule has 144 valence electrons. The van der Waals surface area contributed by atoms with E-state index in [2.05, 4.69) is 37.4 Å². The molecule has 3 heterocycles. The second-order valence-electron chi connectivity index (χ2n) is 6.90. The quantitative estimate of drug-likeness (QED) is 0.745. The molecule has 1 amide bonds. The fourth-order valence-corrected chi connectivity index (χ4v) is 3.38. The first kappa shape index (κ1) is 19.1. The molecule has 7 heteroatoms. The molecule has 1 saturated heterocycles. The lowest BCUT2D eigenvalue weighted by Gasteiger charge is -2.32. The van der Waals surface area contributed by atoms with E-state index in [9.17, 15) is 4.79 Å². The lowest BCUT2D eigenvalue weighted by Crippen LogP contribution is -2.34. The highest BCUT2D eigenvalue weighted by Gasteiger charge is 2.21. The van der Waals surface area contributed by atoms with Crippen LogP contribution < -0.4 is 15.5 Å². The first-order chi connectivity index (χ1) is 13.2. The fraction of sp³-hybridized carbons (Fsp3) is 0.500. The molecule has 1 aliphatic rings. The van der Waals surface area contributed by atoms with E-state index < -0.39 is 0 Å². The number of carbonyl (C=O) groups is 1. The molecule has 0 atom stereocenters. The van der Waals surface area contributed by atoms with Crippen LogP contribution in [-0.4, -0.2) is 40.5 Å². The Labute approximate surface area is 160 Å². The Hall–Kier alpha value is -2.70. The maximum Gasteiger partial charge on any atom is 0.220 e. The van der Waals surface area contributed by atoms with E-state index in [1.807, 2.05) is 18.2 Å². The minimum Gasteiger partial charge on any atom is -0.370 e. The second kappa shape index (κ2) is 9.85. The number of aromatic nitrogens is 3. The molecule has 0 unspecified atom stereocenters. The third kappa shape index (κ3) is 5.91. The number of amides is 1. The van der Waals surface area contributed by atoms with Crippen molar-refractivity contribution < 1.29 is 4.79 Å². The molecule has 27 heavy (non-hydrogen) atoms. The van der Waals surface area contributed by atoms with E-state index in [4.69, 9.17) is 0 Å². The molecule has 0 aromatic carbocycles. The largest absolute Gasteiger partial charge is 0.370 e. The second-order valence-corrected chi connectivity index (χ2v) is 6.90. The predicted molar refractivity (Wildman–Crippen MR) is 106 cm³/mol. The Bertz CT molecular complexity index is 715. The number of nitrogens with one attached hydrogen (secondary N) is 2. The molecule has 2 aromatic rings. The lowest BCUT2D eigenvalue weighted by atomic mass is 9.92. The molecular formula is C20H28N6O. The van der Waals surface area contributed by atoms with Crippen molar-refractivity contribution in [2.24, 2.45) is 5.92 Å². The molecule has 0 radical (unpaired) electrons. The Balaban J connectivity index is 1.38. The summed E-state index contributed by atoms with van der Waals surface area (Å²) in [6.07, 6.45) is 8.85. The van der Waals surface area contributed by atoms with Crippen LogP contribution in [0.1, 0.15) is 38.2 Å². The van der Waals surface area contributed by atoms with E-state index in [1.54, 1.807) is 18.7 Å². The van der Waals surface area contributed by atoms with Crippen LogP contribution in [-0.2, 0) is 11.3 Å². The van der Waals surface area contributed by atoms with Gasteiger partial charge in [-0.1, -0.05) is 6.07 Å². The summed E-state index contributed by atoms with van der Waals surface area (Å²) in [5, 5.41) is 6.20. The number of nitrogens with zero attached hydrogens (tertiary/aromatic N) is 4. The highest BCUT2D eigenvalue weighted by atomic mass is 16.1.